The van der Waals surface area contributed by atoms with Crippen molar-refractivity contribution in [3.63, 3.8) is 0 Å². The first-order valence-electron chi connectivity index (χ1n) is 9.13. The van der Waals surface area contributed by atoms with Gasteiger partial charge < -0.3 is 15.4 Å². The Morgan fingerprint density at radius 2 is 2.00 bits per heavy atom. The lowest BCUT2D eigenvalue weighted by Crippen LogP contribution is -2.36. The molecule has 2 aromatic heterocycles. The molecule has 0 saturated carbocycles. The molecular formula is C20H23ClN6O2. The number of carbonyl (C=O) groups excluding carboxylic acids is 1. The van der Waals surface area contributed by atoms with Gasteiger partial charge in [-0.3, -0.25) is 5.10 Å². The number of para-hydroxylation sites is 1. The Morgan fingerprint density at radius 3 is 2.69 bits per heavy atom. The third kappa shape index (κ3) is 6.18. The van der Waals surface area contributed by atoms with Crippen LogP contribution in [0, 0.1) is 0 Å². The normalized spacial score (nSPS) is 12.3. The Bertz CT molecular complexity index is 955. The number of amides is 1. The summed E-state index contributed by atoms with van der Waals surface area (Å²) < 4.78 is 5.32. The third-order valence-corrected chi connectivity index (χ3v) is 3.99. The van der Waals surface area contributed by atoms with Crippen LogP contribution in [0.4, 0.5) is 10.5 Å². The van der Waals surface area contributed by atoms with Crippen molar-refractivity contribution in [3.8, 4) is 11.4 Å². The van der Waals surface area contributed by atoms with E-state index in [0.29, 0.717) is 16.8 Å². The molecule has 1 atom stereocenters. The van der Waals surface area contributed by atoms with Gasteiger partial charge in [-0.25, -0.2) is 14.8 Å². The topological polar surface area (TPSA) is 105 Å². The Kier molecular flexibility index (Phi) is 6.33. The van der Waals surface area contributed by atoms with E-state index in [9.17, 15) is 4.79 Å². The monoisotopic (exact) mass is 414 g/mol. The molecule has 0 bridgehead atoms. The number of anilines is 1. The number of nitrogens with zero attached hydrogens (tertiary/aromatic N) is 3. The molecule has 2 heterocycles. The predicted molar refractivity (Wildman–Crippen MR) is 112 cm³/mol. The van der Waals surface area contributed by atoms with Crippen LogP contribution in [0.15, 0.2) is 48.7 Å². The molecule has 29 heavy (non-hydrogen) atoms. The van der Waals surface area contributed by atoms with E-state index in [1.165, 1.54) is 0 Å². The summed E-state index contributed by atoms with van der Waals surface area (Å²) in [5.41, 5.74) is 1.05. The smallest absolute Gasteiger partial charge is 0.407 e. The first-order chi connectivity index (χ1) is 13.8. The summed E-state index contributed by atoms with van der Waals surface area (Å²) in [5.74, 6) is 1.05. The minimum atomic E-state index is -0.577. The molecule has 0 saturated heterocycles. The van der Waals surface area contributed by atoms with E-state index < -0.39 is 11.7 Å². The van der Waals surface area contributed by atoms with Gasteiger partial charge in [0.25, 0.3) is 0 Å². The summed E-state index contributed by atoms with van der Waals surface area (Å²) in [6, 6.07) is 12.7. The van der Waals surface area contributed by atoms with Crippen LogP contribution in [0.3, 0.4) is 0 Å². The molecule has 8 nitrogen and oxygen atoms in total. The molecule has 3 rings (SSSR count). The summed E-state index contributed by atoms with van der Waals surface area (Å²) in [7, 11) is 0. The summed E-state index contributed by atoms with van der Waals surface area (Å²) in [6.45, 7) is 5.69. The Labute approximate surface area is 174 Å². The SMILES string of the molecule is CC(C)(C)OC(=O)NCC(Nc1ccccc1)c1nc(-c2ccnc(Cl)c2)n[nH]1. The number of rotatable bonds is 6. The van der Waals surface area contributed by atoms with Gasteiger partial charge in [0.05, 0.1) is 0 Å². The largest absolute Gasteiger partial charge is 0.444 e. The maximum atomic E-state index is 12.1. The molecule has 9 heteroatoms. The lowest BCUT2D eigenvalue weighted by atomic mass is 10.2. The second-order valence-corrected chi connectivity index (χ2v) is 7.74. The van der Waals surface area contributed by atoms with Crippen molar-refractivity contribution in [2.45, 2.75) is 32.4 Å². The quantitative estimate of drug-likeness (QED) is 0.522. The van der Waals surface area contributed by atoms with E-state index in [0.717, 1.165) is 11.3 Å². The minimum Gasteiger partial charge on any atom is -0.444 e. The van der Waals surface area contributed by atoms with Crippen molar-refractivity contribution < 1.29 is 9.53 Å². The molecule has 0 aliphatic carbocycles. The van der Waals surface area contributed by atoms with Gasteiger partial charge in [0.2, 0.25) is 0 Å². The highest BCUT2D eigenvalue weighted by Crippen LogP contribution is 2.21. The fraction of sp³-hybridized carbons (Fsp3) is 0.300. The maximum absolute atomic E-state index is 12.1. The lowest BCUT2D eigenvalue weighted by molar-refractivity contribution is 0.0525. The van der Waals surface area contributed by atoms with Crippen LogP contribution in [0.25, 0.3) is 11.4 Å². The van der Waals surface area contributed by atoms with E-state index in [1.54, 1.807) is 18.3 Å². The number of ether oxygens (including phenoxy) is 1. The summed E-state index contributed by atoms with van der Waals surface area (Å²) >= 11 is 5.96. The minimum absolute atomic E-state index is 0.246. The Morgan fingerprint density at radius 1 is 1.24 bits per heavy atom. The number of pyridine rings is 1. The van der Waals surface area contributed by atoms with Gasteiger partial charge in [-0.15, -0.1) is 0 Å². The zero-order chi connectivity index (χ0) is 20.9. The van der Waals surface area contributed by atoms with Crippen molar-refractivity contribution in [1.29, 1.82) is 0 Å². The third-order valence-electron chi connectivity index (χ3n) is 3.78. The second-order valence-electron chi connectivity index (χ2n) is 7.36. The van der Waals surface area contributed by atoms with Crippen LogP contribution >= 0.6 is 11.6 Å². The van der Waals surface area contributed by atoms with Gasteiger partial charge in [0, 0.05) is 24.0 Å². The van der Waals surface area contributed by atoms with E-state index in [-0.39, 0.29) is 12.6 Å². The number of alkyl carbamates (subject to hydrolysis) is 1. The Hall–Kier alpha value is -3.13. The number of aromatic nitrogens is 4. The van der Waals surface area contributed by atoms with Crippen LogP contribution in [0.1, 0.15) is 32.6 Å². The number of halogens is 1. The van der Waals surface area contributed by atoms with E-state index >= 15 is 0 Å². The number of hydrogen-bond donors (Lipinski definition) is 3. The number of carbonyl (C=O) groups is 1. The number of benzene rings is 1. The van der Waals surface area contributed by atoms with Crippen molar-refractivity contribution in [1.82, 2.24) is 25.5 Å². The average molecular weight is 415 g/mol. The van der Waals surface area contributed by atoms with Crippen molar-refractivity contribution >= 4 is 23.4 Å². The fourth-order valence-electron chi connectivity index (χ4n) is 2.55. The molecule has 152 valence electrons. The van der Waals surface area contributed by atoms with Gasteiger partial charge in [0.1, 0.15) is 22.6 Å². The number of H-pyrrole nitrogens is 1. The highest BCUT2D eigenvalue weighted by Gasteiger charge is 2.21. The molecule has 0 aliphatic rings. The Balaban J connectivity index is 1.78. The summed E-state index contributed by atoms with van der Waals surface area (Å²) in [6.07, 6.45) is 1.09. The van der Waals surface area contributed by atoms with Crippen LogP contribution in [-0.2, 0) is 4.74 Å². The van der Waals surface area contributed by atoms with Gasteiger partial charge >= 0.3 is 6.09 Å². The van der Waals surface area contributed by atoms with Crippen molar-refractivity contribution in [2.75, 3.05) is 11.9 Å². The highest BCUT2D eigenvalue weighted by atomic mass is 35.5. The molecule has 1 aromatic carbocycles. The molecule has 3 N–H and O–H groups in total. The average Bonchev–Trinajstić information content (AvgIpc) is 3.15. The molecular weight excluding hydrogens is 392 g/mol. The molecule has 1 amide bonds. The zero-order valence-corrected chi connectivity index (χ0v) is 17.2. The lowest BCUT2D eigenvalue weighted by Gasteiger charge is -2.22. The second kappa shape index (κ2) is 8.91. The first kappa shape index (κ1) is 20.6. The molecule has 1 unspecified atom stereocenters. The standard InChI is InChI=1S/C20H23ClN6O2/c1-20(2,3)29-19(28)23-12-15(24-14-7-5-4-6-8-14)18-25-17(26-27-18)13-9-10-22-16(21)11-13/h4-11,15,24H,12H2,1-3H3,(H,23,28)(H,25,26,27). The van der Waals surface area contributed by atoms with Gasteiger partial charge in [0.15, 0.2) is 5.82 Å². The fourth-order valence-corrected chi connectivity index (χ4v) is 2.73. The molecule has 0 spiro atoms. The highest BCUT2D eigenvalue weighted by molar-refractivity contribution is 6.29. The van der Waals surface area contributed by atoms with Gasteiger partial charge in [-0.2, -0.15) is 5.10 Å². The number of nitrogens with one attached hydrogen (secondary N) is 3. The van der Waals surface area contributed by atoms with Gasteiger partial charge in [-0.05, 0) is 45.0 Å². The predicted octanol–water partition coefficient (Wildman–Crippen LogP) is 4.20. The van der Waals surface area contributed by atoms with E-state index in [2.05, 4.69) is 30.8 Å². The summed E-state index contributed by atoms with van der Waals surface area (Å²) in [5, 5.41) is 13.7. The van der Waals surface area contributed by atoms with Gasteiger partial charge in [-0.1, -0.05) is 29.8 Å². The molecule has 0 fully saturated rings. The molecule has 3 aromatic rings. The van der Waals surface area contributed by atoms with E-state index in [1.807, 2.05) is 51.1 Å². The molecule has 0 aliphatic heterocycles. The molecule has 0 radical (unpaired) electrons. The maximum Gasteiger partial charge on any atom is 0.407 e. The summed E-state index contributed by atoms with van der Waals surface area (Å²) in [4.78, 5) is 20.6. The van der Waals surface area contributed by atoms with Crippen molar-refractivity contribution in [3.05, 3.63) is 59.6 Å². The van der Waals surface area contributed by atoms with E-state index in [4.69, 9.17) is 16.3 Å². The van der Waals surface area contributed by atoms with Crippen LogP contribution in [0.5, 0.6) is 0 Å². The first-order valence-corrected chi connectivity index (χ1v) is 9.50. The number of aromatic amines is 1. The number of hydrogen-bond acceptors (Lipinski definition) is 6. The zero-order valence-electron chi connectivity index (χ0n) is 16.4. The van der Waals surface area contributed by atoms with Crippen LogP contribution < -0.4 is 10.6 Å². The van der Waals surface area contributed by atoms with Crippen molar-refractivity contribution in [2.24, 2.45) is 0 Å². The van der Waals surface area contributed by atoms with Crippen LogP contribution in [-0.4, -0.2) is 38.4 Å². The van der Waals surface area contributed by atoms with Crippen LogP contribution in [0.2, 0.25) is 5.15 Å².